The summed E-state index contributed by atoms with van der Waals surface area (Å²) in [5.74, 6) is 0. The van der Waals surface area contributed by atoms with Gasteiger partial charge < -0.3 is 8.98 Å². The van der Waals surface area contributed by atoms with Gasteiger partial charge in [-0.3, -0.25) is 4.57 Å². The van der Waals surface area contributed by atoms with Crippen LogP contribution in [-0.4, -0.2) is 9.13 Å². The number of rotatable bonds is 3. The van der Waals surface area contributed by atoms with Crippen LogP contribution < -0.4 is 0 Å². The molecule has 0 unspecified atom stereocenters. The van der Waals surface area contributed by atoms with Crippen molar-refractivity contribution in [2.45, 2.75) is 0 Å². The highest BCUT2D eigenvalue weighted by atomic mass is 16.3. The quantitative estimate of drug-likeness (QED) is 0.225. The average molecular weight is 525 g/mol. The third-order valence-electron chi connectivity index (χ3n) is 8.34. The first-order valence-electron chi connectivity index (χ1n) is 14.0. The predicted octanol–water partition coefficient (Wildman–Crippen LogP) is 10.3. The van der Waals surface area contributed by atoms with Crippen LogP contribution >= 0.6 is 0 Å². The van der Waals surface area contributed by atoms with E-state index < -0.39 is 0 Å². The molecule has 3 heteroatoms. The first-order chi connectivity index (χ1) is 20.4. The largest absolute Gasteiger partial charge is 0.439 e. The third-order valence-corrected chi connectivity index (χ3v) is 8.34. The number of nitrogens with zero attached hydrogens (tertiary/aromatic N) is 2. The molecular weight excluding hydrogens is 500 g/mol. The van der Waals surface area contributed by atoms with Crippen LogP contribution in [0.25, 0.3) is 77.3 Å². The highest BCUT2D eigenvalue weighted by Crippen LogP contribution is 2.41. The van der Waals surface area contributed by atoms with Crippen molar-refractivity contribution in [3.05, 3.63) is 146 Å². The molecule has 0 atom stereocenters. The van der Waals surface area contributed by atoms with Crippen LogP contribution in [0.15, 0.2) is 150 Å². The van der Waals surface area contributed by atoms with Crippen molar-refractivity contribution in [3.8, 4) is 22.5 Å². The van der Waals surface area contributed by atoms with E-state index in [0.29, 0.717) is 0 Å². The van der Waals surface area contributed by atoms with E-state index in [2.05, 4.69) is 143 Å². The molecule has 0 saturated carbocycles. The smallest absolute Gasteiger partial charge is 0.213 e. The fourth-order valence-corrected chi connectivity index (χ4v) is 6.58. The van der Waals surface area contributed by atoms with Crippen LogP contribution in [0.5, 0.6) is 0 Å². The second kappa shape index (κ2) is 8.48. The van der Waals surface area contributed by atoms with Crippen molar-refractivity contribution >= 4 is 54.8 Å². The topological polar surface area (TPSA) is 23.0 Å². The number of hydrogen-bond donors (Lipinski definition) is 0. The van der Waals surface area contributed by atoms with E-state index >= 15 is 0 Å². The molecule has 0 amide bonds. The number of aromatic nitrogens is 2. The lowest BCUT2D eigenvalue weighted by Crippen LogP contribution is -1.96. The predicted molar refractivity (Wildman–Crippen MR) is 170 cm³/mol. The molecule has 0 aliphatic rings. The summed E-state index contributed by atoms with van der Waals surface area (Å²) in [6, 6.07) is 51.7. The maximum atomic E-state index is 6.45. The van der Waals surface area contributed by atoms with E-state index in [1.165, 1.54) is 38.3 Å². The fraction of sp³-hybridized carbons (Fsp3) is 0. The van der Waals surface area contributed by atoms with Gasteiger partial charge in [0.15, 0.2) is 0 Å². The highest BCUT2D eigenvalue weighted by Gasteiger charge is 2.20. The first kappa shape index (κ1) is 22.3. The Labute approximate surface area is 236 Å². The Morgan fingerprint density at radius 3 is 1.83 bits per heavy atom. The lowest BCUT2D eigenvalue weighted by molar-refractivity contribution is 0.645. The molecule has 0 aliphatic heterocycles. The maximum Gasteiger partial charge on any atom is 0.213 e. The monoisotopic (exact) mass is 524 g/mol. The minimum Gasteiger partial charge on any atom is -0.439 e. The summed E-state index contributed by atoms with van der Waals surface area (Å²) in [6.07, 6.45) is 0. The van der Waals surface area contributed by atoms with E-state index in [9.17, 15) is 0 Å². The van der Waals surface area contributed by atoms with Gasteiger partial charge in [-0.05, 0) is 48.0 Å². The van der Waals surface area contributed by atoms with Gasteiger partial charge >= 0.3 is 0 Å². The summed E-state index contributed by atoms with van der Waals surface area (Å²) in [6.45, 7) is 0. The second-order valence-electron chi connectivity index (χ2n) is 10.6. The number of para-hydroxylation sites is 5. The normalized spacial score (nSPS) is 11.9. The lowest BCUT2D eigenvalue weighted by Gasteiger charge is -2.12. The molecule has 3 aromatic heterocycles. The van der Waals surface area contributed by atoms with Crippen LogP contribution in [-0.2, 0) is 0 Å². The molecule has 9 rings (SSSR count). The minimum absolute atomic E-state index is 0.881. The number of furan rings is 1. The summed E-state index contributed by atoms with van der Waals surface area (Å²) in [5, 5.41) is 6.03. The Balaban J connectivity index is 1.28. The van der Waals surface area contributed by atoms with Gasteiger partial charge in [0.05, 0.1) is 21.9 Å². The first-order valence-corrected chi connectivity index (χ1v) is 14.0. The van der Waals surface area contributed by atoms with Gasteiger partial charge in [-0.15, -0.1) is 0 Å². The number of benzene rings is 6. The van der Waals surface area contributed by atoms with E-state index in [0.717, 1.165) is 39.0 Å². The van der Waals surface area contributed by atoms with Gasteiger partial charge in [-0.2, -0.15) is 0 Å². The Hall–Kier alpha value is -5.54. The SMILES string of the molecule is c1ccc(-n2c3ccccc3c3cccc(-c4ccc(-n5c6ccccc6c6c7ccccc7oc65)cc4)c32)cc1. The Morgan fingerprint density at radius 1 is 0.415 bits per heavy atom. The summed E-state index contributed by atoms with van der Waals surface area (Å²) in [5.41, 5.74) is 10.00. The molecule has 3 heterocycles. The minimum atomic E-state index is 0.881. The zero-order chi connectivity index (χ0) is 26.9. The van der Waals surface area contributed by atoms with Gasteiger partial charge in [0.2, 0.25) is 5.71 Å². The van der Waals surface area contributed by atoms with Crippen LogP contribution in [0.1, 0.15) is 0 Å². The molecule has 192 valence electrons. The van der Waals surface area contributed by atoms with Crippen LogP contribution in [0, 0.1) is 0 Å². The summed E-state index contributed by atoms with van der Waals surface area (Å²) in [7, 11) is 0. The van der Waals surface area contributed by atoms with Gasteiger partial charge in [0, 0.05) is 38.5 Å². The van der Waals surface area contributed by atoms with Crippen LogP contribution in [0.3, 0.4) is 0 Å². The van der Waals surface area contributed by atoms with Crippen LogP contribution in [0.2, 0.25) is 0 Å². The van der Waals surface area contributed by atoms with E-state index in [-0.39, 0.29) is 0 Å². The summed E-state index contributed by atoms with van der Waals surface area (Å²) >= 11 is 0. The van der Waals surface area contributed by atoms with Gasteiger partial charge in [0.1, 0.15) is 5.58 Å². The molecule has 0 bridgehead atoms. The van der Waals surface area contributed by atoms with Crippen molar-refractivity contribution in [2.75, 3.05) is 0 Å². The van der Waals surface area contributed by atoms with Crippen molar-refractivity contribution in [1.82, 2.24) is 9.13 Å². The zero-order valence-corrected chi connectivity index (χ0v) is 22.2. The molecule has 0 N–H and O–H groups in total. The molecule has 41 heavy (non-hydrogen) atoms. The Bertz CT molecular complexity index is 2400. The van der Waals surface area contributed by atoms with E-state index in [1.54, 1.807) is 0 Å². The number of fused-ring (bicyclic) bond motifs is 8. The van der Waals surface area contributed by atoms with Gasteiger partial charge in [-0.1, -0.05) is 103 Å². The molecule has 9 aromatic rings. The Morgan fingerprint density at radius 2 is 1.02 bits per heavy atom. The van der Waals surface area contributed by atoms with Crippen molar-refractivity contribution < 1.29 is 4.42 Å². The number of hydrogen-bond acceptors (Lipinski definition) is 1. The average Bonchev–Trinajstić information content (AvgIpc) is 3.68. The molecule has 0 spiro atoms. The second-order valence-corrected chi connectivity index (χ2v) is 10.6. The van der Waals surface area contributed by atoms with Crippen molar-refractivity contribution in [3.63, 3.8) is 0 Å². The molecular formula is C38H24N2O. The fourth-order valence-electron chi connectivity index (χ4n) is 6.58. The standard InChI is InChI=1S/C38H24N2O/c1-2-11-26(12-3-1)39-33-18-7-4-13-29(33)30-17-10-16-28(37(30)39)25-21-23-27(24-22-25)40-34-19-8-5-14-31(34)36-32-15-6-9-20-35(32)41-38(36)40/h1-24H. The van der Waals surface area contributed by atoms with Gasteiger partial charge in [0.25, 0.3) is 0 Å². The molecule has 0 aliphatic carbocycles. The zero-order valence-electron chi connectivity index (χ0n) is 22.2. The van der Waals surface area contributed by atoms with Crippen molar-refractivity contribution in [1.29, 1.82) is 0 Å². The molecule has 0 radical (unpaired) electrons. The summed E-state index contributed by atoms with van der Waals surface area (Å²) < 4.78 is 11.1. The summed E-state index contributed by atoms with van der Waals surface area (Å²) in [4.78, 5) is 0. The maximum absolute atomic E-state index is 6.45. The molecule has 0 fully saturated rings. The molecule has 6 aromatic carbocycles. The highest BCUT2D eigenvalue weighted by molar-refractivity contribution is 6.20. The van der Waals surface area contributed by atoms with E-state index in [1.807, 2.05) is 12.1 Å². The van der Waals surface area contributed by atoms with Crippen molar-refractivity contribution in [2.24, 2.45) is 0 Å². The molecule has 0 saturated heterocycles. The third kappa shape index (κ3) is 3.14. The Kier molecular flexibility index (Phi) is 4.61. The lowest BCUT2D eigenvalue weighted by atomic mass is 10.0. The van der Waals surface area contributed by atoms with Gasteiger partial charge in [-0.25, -0.2) is 0 Å². The van der Waals surface area contributed by atoms with E-state index in [4.69, 9.17) is 4.42 Å². The van der Waals surface area contributed by atoms with Crippen LogP contribution in [0.4, 0.5) is 0 Å². The molecule has 3 nitrogen and oxygen atoms in total.